The minimum Gasteiger partial charge on any atom is -0.489 e. The molecule has 3 heterocycles. The quantitative estimate of drug-likeness (QED) is 0.386. The van der Waals surface area contributed by atoms with E-state index in [1.165, 1.54) is 0 Å². The molecule has 8 nitrogen and oxygen atoms in total. The summed E-state index contributed by atoms with van der Waals surface area (Å²) < 4.78 is 8.22. The smallest absolute Gasteiger partial charge is 0.234 e. The molecule has 0 radical (unpaired) electrons. The molecule has 2 aromatic carbocycles. The van der Waals surface area contributed by atoms with E-state index < -0.39 is 0 Å². The fourth-order valence-corrected chi connectivity index (χ4v) is 5.87. The highest BCUT2D eigenvalue weighted by Gasteiger charge is 2.29. The molecular formula is C30H34N6O2. The van der Waals surface area contributed by atoms with E-state index >= 15 is 0 Å². The molecule has 196 valence electrons. The summed E-state index contributed by atoms with van der Waals surface area (Å²) in [5.41, 5.74) is 10.2. The predicted octanol–water partition coefficient (Wildman–Crippen LogP) is 4.26. The molecule has 2 fully saturated rings. The van der Waals surface area contributed by atoms with Crippen molar-refractivity contribution in [2.75, 3.05) is 31.9 Å². The van der Waals surface area contributed by atoms with E-state index in [4.69, 9.17) is 15.5 Å². The summed E-state index contributed by atoms with van der Waals surface area (Å²) in [5.74, 6) is 3.44. The fourth-order valence-electron chi connectivity index (χ4n) is 5.87. The fraction of sp³-hybridized carbons (Fsp3) is 0.367. The van der Waals surface area contributed by atoms with Crippen LogP contribution in [0.25, 0.3) is 16.8 Å². The lowest BCUT2D eigenvalue weighted by atomic mass is 9.81. The number of piperazine rings is 1. The van der Waals surface area contributed by atoms with Crippen LogP contribution in [0, 0.1) is 5.92 Å². The number of ether oxygens (including phenoxy) is 1. The van der Waals surface area contributed by atoms with Crippen LogP contribution in [-0.2, 0) is 11.4 Å². The first kappa shape index (κ1) is 24.4. The Balaban J connectivity index is 1.21. The summed E-state index contributed by atoms with van der Waals surface area (Å²) >= 11 is 0. The molecule has 1 aliphatic carbocycles. The number of aromatic nitrogens is 3. The number of nitrogens with two attached hydrogens (primary N) is 1. The van der Waals surface area contributed by atoms with Gasteiger partial charge in [-0.05, 0) is 49.3 Å². The molecule has 1 amide bonds. The Morgan fingerprint density at radius 2 is 1.89 bits per heavy atom. The highest BCUT2D eigenvalue weighted by atomic mass is 16.5. The molecule has 2 aromatic heterocycles. The largest absolute Gasteiger partial charge is 0.489 e. The molecule has 1 saturated heterocycles. The van der Waals surface area contributed by atoms with Crippen molar-refractivity contribution in [2.45, 2.75) is 38.2 Å². The number of hydrogen-bond donors (Lipinski definition) is 2. The lowest BCUT2D eigenvalue weighted by Crippen LogP contribution is -2.49. The zero-order valence-corrected chi connectivity index (χ0v) is 21.6. The lowest BCUT2D eigenvalue weighted by molar-refractivity contribution is -0.124. The number of nitrogen functional groups attached to an aromatic ring is 1. The second-order valence-electron chi connectivity index (χ2n) is 10.5. The summed E-state index contributed by atoms with van der Waals surface area (Å²) in [6, 6.07) is 18.2. The van der Waals surface area contributed by atoms with Gasteiger partial charge in [-0.3, -0.25) is 14.1 Å². The van der Waals surface area contributed by atoms with Crippen LogP contribution < -0.4 is 15.8 Å². The number of rotatable bonds is 7. The number of nitrogens with zero attached hydrogens (tertiary/aromatic N) is 4. The minimum atomic E-state index is 0.141. The van der Waals surface area contributed by atoms with E-state index in [2.05, 4.69) is 37.8 Å². The lowest BCUT2D eigenvalue weighted by Gasteiger charge is -2.33. The van der Waals surface area contributed by atoms with Crippen LogP contribution in [0.1, 0.15) is 43.0 Å². The van der Waals surface area contributed by atoms with Crippen LogP contribution in [0.15, 0.2) is 67.0 Å². The van der Waals surface area contributed by atoms with Crippen molar-refractivity contribution >= 4 is 17.2 Å². The molecular weight excluding hydrogens is 476 g/mol. The van der Waals surface area contributed by atoms with E-state index in [0.717, 1.165) is 79.2 Å². The van der Waals surface area contributed by atoms with Gasteiger partial charge in [0, 0.05) is 43.5 Å². The van der Waals surface area contributed by atoms with Gasteiger partial charge in [-0.2, -0.15) is 0 Å². The molecule has 0 unspecified atom stereocenters. The van der Waals surface area contributed by atoms with Gasteiger partial charge in [0.15, 0.2) is 0 Å². The topological polar surface area (TPSA) is 97.8 Å². The monoisotopic (exact) mass is 510 g/mol. The first-order valence-electron chi connectivity index (χ1n) is 13.5. The molecule has 6 rings (SSSR count). The van der Waals surface area contributed by atoms with Crippen molar-refractivity contribution in [3.63, 3.8) is 0 Å². The molecule has 1 aliphatic heterocycles. The molecule has 1 saturated carbocycles. The van der Waals surface area contributed by atoms with Crippen LogP contribution in [0.3, 0.4) is 0 Å². The Kier molecular flexibility index (Phi) is 6.96. The zero-order valence-electron chi connectivity index (χ0n) is 21.6. The van der Waals surface area contributed by atoms with Crippen LogP contribution in [-0.4, -0.2) is 51.4 Å². The van der Waals surface area contributed by atoms with Crippen LogP contribution >= 0.6 is 0 Å². The normalized spacial score (nSPS) is 20.4. The van der Waals surface area contributed by atoms with Crippen molar-refractivity contribution in [1.29, 1.82) is 0 Å². The SMILES string of the molecule is Nc1nccn2c(C3CCC(CN4CCNC(=O)C4)CC3)nc(-c3cccc(OCc4ccccc4)c3)c12. The summed E-state index contributed by atoms with van der Waals surface area (Å²) in [5, 5.41) is 2.92. The van der Waals surface area contributed by atoms with Crippen molar-refractivity contribution < 1.29 is 9.53 Å². The van der Waals surface area contributed by atoms with Gasteiger partial charge >= 0.3 is 0 Å². The van der Waals surface area contributed by atoms with Gasteiger partial charge in [-0.15, -0.1) is 0 Å². The van der Waals surface area contributed by atoms with Gasteiger partial charge in [0.05, 0.1) is 6.54 Å². The van der Waals surface area contributed by atoms with E-state index in [9.17, 15) is 4.79 Å². The third-order valence-corrected chi connectivity index (χ3v) is 7.81. The molecule has 0 spiro atoms. The van der Waals surface area contributed by atoms with Gasteiger partial charge in [-0.1, -0.05) is 42.5 Å². The Hall–Kier alpha value is -3.91. The second kappa shape index (κ2) is 10.8. The van der Waals surface area contributed by atoms with Gasteiger partial charge in [-0.25, -0.2) is 9.97 Å². The Morgan fingerprint density at radius 1 is 1.05 bits per heavy atom. The van der Waals surface area contributed by atoms with Gasteiger partial charge < -0.3 is 15.8 Å². The first-order chi connectivity index (χ1) is 18.6. The average molecular weight is 511 g/mol. The highest BCUT2D eigenvalue weighted by Crippen LogP contribution is 2.39. The summed E-state index contributed by atoms with van der Waals surface area (Å²) in [6.07, 6.45) is 8.15. The number of benzene rings is 2. The second-order valence-corrected chi connectivity index (χ2v) is 10.5. The Labute approximate surface area is 222 Å². The predicted molar refractivity (Wildman–Crippen MR) is 148 cm³/mol. The zero-order chi connectivity index (χ0) is 25.9. The van der Waals surface area contributed by atoms with Crippen molar-refractivity contribution in [2.24, 2.45) is 5.92 Å². The molecule has 0 bridgehead atoms. The number of carbonyl (C=O) groups excluding carboxylic acids is 1. The number of fused-ring (bicyclic) bond motifs is 1. The molecule has 3 N–H and O–H groups in total. The maximum absolute atomic E-state index is 11.8. The maximum Gasteiger partial charge on any atom is 0.234 e. The molecule has 38 heavy (non-hydrogen) atoms. The molecule has 8 heteroatoms. The molecule has 2 aliphatic rings. The number of imidazole rings is 1. The Morgan fingerprint density at radius 3 is 2.71 bits per heavy atom. The highest BCUT2D eigenvalue weighted by molar-refractivity contribution is 5.85. The maximum atomic E-state index is 11.8. The molecule has 4 aromatic rings. The van der Waals surface area contributed by atoms with Crippen LogP contribution in [0.4, 0.5) is 5.82 Å². The number of nitrogens with one attached hydrogen (secondary N) is 1. The number of carbonyl (C=O) groups is 1. The Bertz CT molecular complexity index is 1410. The number of hydrogen-bond acceptors (Lipinski definition) is 6. The van der Waals surface area contributed by atoms with E-state index in [-0.39, 0.29) is 5.91 Å². The average Bonchev–Trinajstić information content (AvgIpc) is 3.34. The first-order valence-corrected chi connectivity index (χ1v) is 13.5. The third-order valence-electron chi connectivity index (χ3n) is 7.81. The van der Waals surface area contributed by atoms with E-state index in [1.54, 1.807) is 6.20 Å². The molecule has 0 atom stereocenters. The summed E-state index contributed by atoms with van der Waals surface area (Å²) in [7, 11) is 0. The van der Waals surface area contributed by atoms with Crippen molar-refractivity contribution in [3.8, 4) is 17.0 Å². The summed E-state index contributed by atoms with van der Waals surface area (Å²) in [6.45, 7) is 3.73. The van der Waals surface area contributed by atoms with E-state index in [0.29, 0.717) is 30.8 Å². The summed E-state index contributed by atoms with van der Waals surface area (Å²) in [4.78, 5) is 23.6. The third kappa shape index (κ3) is 5.22. The van der Waals surface area contributed by atoms with Crippen molar-refractivity contribution in [3.05, 3.63) is 78.4 Å². The van der Waals surface area contributed by atoms with Crippen molar-refractivity contribution in [1.82, 2.24) is 24.6 Å². The van der Waals surface area contributed by atoms with Gasteiger partial charge in [0.2, 0.25) is 5.91 Å². The number of anilines is 1. The van der Waals surface area contributed by atoms with Crippen LogP contribution in [0.2, 0.25) is 0 Å². The standard InChI is InChI=1S/C30H34N6O2/c31-29-28-27(24-7-4-8-25(17-24)38-20-22-5-2-1-3-6-22)34-30(36(28)16-14-33-29)23-11-9-21(10-12-23)18-35-15-13-32-26(37)19-35/h1-8,14,16-17,21,23H,9-13,15,18-20H2,(H2,31,33)(H,32,37). The van der Waals surface area contributed by atoms with Gasteiger partial charge in [0.25, 0.3) is 0 Å². The van der Waals surface area contributed by atoms with E-state index in [1.807, 2.05) is 42.6 Å². The van der Waals surface area contributed by atoms with Crippen LogP contribution in [0.5, 0.6) is 5.75 Å². The number of amides is 1. The minimum absolute atomic E-state index is 0.141. The van der Waals surface area contributed by atoms with Gasteiger partial charge in [0.1, 0.15) is 35.2 Å².